The van der Waals surface area contributed by atoms with Crippen LogP contribution in [0.5, 0.6) is 0 Å². The van der Waals surface area contributed by atoms with E-state index in [-0.39, 0.29) is 5.91 Å². The Balaban J connectivity index is 1.82. The molecule has 1 fully saturated rings. The average Bonchev–Trinajstić information content (AvgIpc) is 3.20. The Morgan fingerprint density at radius 1 is 1.43 bits per heavy atom. The molecule has 3 N–H and O–H groups in total. The number of nitrogens with two attached hydrogens (primary N) is 1. The van der Waals surface area contributed by atoms with Crippen LogP contribution in [0.1, 0.15) is 33.6 Å². The van der Waals surface area contributed by atoms with Crippen molar-refractivity contribution < 1.29 is 4.79 Å². The van der Waals surface area contributed by atoms with E-state index in [0.717, 1.165) is 29.7 Å². The highest BCUT2D eigenvalue weighted by molar-refractivity contribution is 7.09. The van der Waals surface area contributed by atoms with E-state index in [9.17, 15) is 4.79 Å². The first kappa shape index (κ1) is 14.1. The van der Waals surface area contributed by atoms with Crippen LogP contribution in [-0.4, -0.2) is 16.8 Å². The number of carbonyl (C=O) groups is 1. The Kier molecular flexibility index (Phi) is 3.94. The van der Waals surface area contributed by atoms with Gasteiger partial charge in [0.15, 0.2) is 0 Å². The molecule has 1 aliphatic carbocycles. The van der Waals surface area contributed by atoms with Crippen LogP contribution in [0.15, 0.2) is 35.7 Å². The van der Waals surface area contributed by atoms with Crippen molar-refractivity contribution in [3.8, 4) is 0 Å². The van der Waals surface area contributed by atoms with Crippen molar-refractivity contribution in [2.45, 2.75) is 32.4 Å². The molecule has 1 heterocycles. The highest BCUT2D eigenvalue weighted by Gasteiger charge is 2.33. The van der Waals surface area contributed by atoms with E-state index in [4.69, 9.17) is 5.84 Å². The molecule has 21 heavy (non-hydrogen) atoms. The minimum Gasteiger partial charge on any atom is -0.331 e. The van der Waals surface area contributed by atoms with E-state index in [0.29, 0.717) is 12.6 Å². The Morgan fingerprint density at radius 2 is 2.24 bits per heavy atom. The van der Waals surface area contributed by atoms with Gasteiger partial charge in [-0.15, -0.1) is 11.3 Å². The van der Waals surface area contributed by atoms with Gasteiger partial charge in [0, 0.05) is 16.5 Å². The Labute approximate surface area is 128 Å². The first-order valence-corrected chi connectivity index (χ1v) is 7.97. The SMILES string of the molecule is Cc1cc(C(=O)N(Cc2cccs2)C2CC2)ccc1NN. The van der Waals surface area contributed by atoms with Crippen molar-refractivity contribution in [1.82, 2.24) is 4.90 Å². The van der Waals surface area contributed by atoms with Gasteiger partial charge in [-0.25, -0.2) is 0 Å². The molecule has 2 aromatic rings. The van der Waals surface area contributed by atoms with Crippen LogP contribution in [0, 0.1) is 6.92 Å². The van der Waals surface area contributed by atoms with Gasteiger partial charge >= 0.3 is 0 Å². The smallest absolute Gasteiger partial charge is 0.254 e. The molecule has 1 aromatic heterocycles. The number of carbonyl (C=O) groups excluding carboxylic acids is 1. The highest BCUT2D eigenvalue weighted by Crippen LogP contribution is 2.31. The largest absolute Gasteiger partial charge is 0.331 e. The van der Waals surface area contributed by atoms with E-state index in [2.05, 4.69) is 16.9 Å². The lowest BCUT2D eigenvalue weighted by Gasteiger charge is -2.22. The molecule has 3 rings (SSSR count). The molecule has 1 aromatic carbocycles. The van der Waals surface area contributed by atoms with Gasteiger partial charge in [0.25, 0.3) is 5.91 Å². The van der Waals surface area contributed by atoms with Crippen molar-refractivity contribution in [2.75, 3.05) is 5.43 Å². The van der Waals surface area contributed by atoms with Gasteiger partial charge in [-0.2, -0.15) is 0 Å². The van der Waals surface area contributed by atoms with E-state index >= 15 is 0 Å². The number of thiophene rings is 1. The lowest BCUT2D eigenvalue weighted by molar-refractivity contribution is 0.0731. The van der Waals surface area contributed by atoms with Crippen LogP contribution in [0.3, 0.4) is 0 Å². The summed E-state index contributed by atoms with van der Waals surface area (Å²) in [7, 11) is 0. The number of anilines is 1. The summed E-state index contributed by atoms with van der Waals surface area (Å²) in [5, 5.41) is 2.05. The van der Waals surface area contributed by atoms with Gasteiger partial charge in [-0.3, -0.25) is 10.6 Å². The number of hydrogen-bond donors (Lipinski definition) is 2. The van der Waals surface area contributed by atoms with E-state index < -0.39 is 0 Å². The zero-order valence-corrected chi connectivity index (χ0v) is 12.8. The molecule has 0 unspecified atom stereocenters. The van der Waals surface area contributed by atoms with Gasteiger partial charge in [0.05, 0.1) is 12.2 Å². The van der Waals surface area contributed by atoms with Gasteiger partial charge in [0.1, 0.15) is 0 Å². The number of nitrogens with one attached hydrogen (secondary N) is 1. The minimum atomic E-state index is 0.109. The van der Waals surface area contributed by atoms with E-state index in [1.807, 2.05) is 36.1 Å². The van der Waals surface area contributed by atoms with Gasteiger partial charge in [0.2, 0.25) is 0 Å². The summed E-state index contributed by atoms with van der Waals surface area (Å²) < 4.78 is 0. The maximum atomic E-state index is 12.8. The lowest BCUT2D eigenvalue weighted by atomic mass is 10.1. The second-order valence-electron chi connectivity index (χ2n) is 5.42. The number of nitrogens with zero attached hydrogens (tertiary/aromatic N) is 1. The van der Waals surface area contributed by atoms with Crippen LogP contribution in [-0.2, 0) is 6.54 Å². The normalized spacial score (nSPS) is 14.0. The zero-order chi connectivity index (χ0) is 14.8. The molecule has 0 bridgehead atoms. The quantitative estimate of drug-likeness (QED) is 0.659. The summed E-state index contributed by atoms with van der Waals surface area (Å²) in [6, 6.07) is 10.1. The van der Waals surface area contributed by atoms with E-state index in [1.54, 1.807) is 11.3 Å². The molecular formula is C16H19N3OS. The van der Waals surface area contributed by atoms with Gasteiger partial charge < -0.3 is 10.3 Å². The van der Waals surface area contributed by atoms with Crippen LogP contribution < -0.4 is 11.3 Å². The standard InChI is InChI=1S/C16H19N3OS/c1-11-9-12(4-7-15(11)18-17)16(20)19(13-5-6-13)10-14-3-2-8-21-14/h2-4,7-9,13,18H,5-6,10,17H2,1H3. The Hall–Kier alpha value is -1.85. The van der Waals surface area contributed by atoms with E-state index in [1.165, 1.54) is 4.88 Å². The number of benzene rings is 1. The summed E-state index contributed by atoms with van der Waals surface area (Å²) in [6.45, 7) is 2.66. The van der Waals surface area contributed by atoms with Crippen LogP contribution in [0.2, 0.25) is 0 Å². The highest BCUT2D eigenvalue weighted by atomic mass is 32.1. The monoisotopic (exact) mass is 301 g/mol. The summed E-state index contributed by atoms with van der Waals surface area (Å²) >= 11 is 1.70. The summed E-state index contributed by atoms with van der Waals surface area (Å²) in [5.74, 6) is 5.55. The minimum absolute atomic E-state index is 0.109. The molecule has 0 saturated heterocycles. The summed E-state index contributed by atoms with van der Waals surface area (Å²) in [6.07, 6.45) is 2.22. The number of amides is 1. The van der Waals surface area contributed by atoms with Crippen molar-refractivity contribution in [1.29, 1.82) is 0 Å². The number of hydrazine groups is 1. The maximum absolute atomic E-state index is 12.8. The molecule has 0 aliphatic heterocycles. The summed E-state index contributed by atoms with van der Waals surface area (Å²) in [5.41, 5.74) is 5.20. The predicted octanol–water partition coefficient (Wildman–Crippen LogP) is 3.15. The molecule has 0 spiro atoms. The van der Waals surface area contributed by atoms with Crippen LogP contribution in [0.4, 0.5) is 5.69 Å². The second kappa shape index (κ2) is 5.87. The third kappa shape index (κ3) is 3.09. The first-order chi connectivity index (χ1) is 10.2. The third-order valence-corrected chi connectivity index (χ3v) is 4.64. The molecule has 0 atom stereocenters. The summed E-state index contributed by atoms with van der Waals surface area (Å²) in [4.78, 5) is 16.0. The Bertz CT molecular complexity index is 635. The third-order valence-electron chi connectivity index (χ3n) is 3.78. The van der Waals surface area contributed by atoms with Crippen molar-refractivity contribution in [2.24, 2.45) is 5.84 Å². The second-order valence-corrected chi connectivity index (χ2v) is 6.45. The van der Waals surface area contributed by atoms with Crippen molar-refractivity contribution in [3.63, 3.8) is 0 Å². The fourth-order valence-electron chi connectivity index (χ4n) is 2.45. The van der Waals surface area contributed by atoms with Crippen molar-refractivity contribution >= 4 is 22.9 Å². The van der Waals surface area contributed by atoms with Gasteiger partial charge in [-0.05, 0) is 55.0 Å². The molecule has 4 nitrogen and oxygen atoms in total. The average molecular weight is 301 g/mol. The van der Waals surface area contributed by atoms with Crippen LogP contribution in [0.25, 0.3) is 0 Å². The maximum Gasteiger partial charge on any atom is 0.254 e. The molecule has 5 heteroatoms. The molecule has 0 radical (unpaired) electrons. The topological polar surface area (TPSA) is 58.4 Å². The lowest BCUT2D eigenvalue weighted by Crippen LogP contribution is -2.32. The first-order valence-electron chi connectivity index (χ1n) is 7.09. The zero-order valence-electron chi connectivity index (χ0n) is 12.0. The molecular weight excluding hydrogens is 282 g/mol. The number of hydrogen-bond acceptors (Lipinski definition) is 4. The molecule has 110 valence electrons. The van der Waals surface area contributed by atoms with Crippen LogP contribution >= 0.6 is 11.3 Å². The Morgan fingerprint density at radius 3 is 2.81 bits per heavy atom. The van der Waals surface area contributed by atoms with Crippen molar-refractivity contribution in [3.05, 3.63) is 51.7 Å². The molecule has 1 saturated carbocycles. The van der Waals surface area contributed by atoms with Gasteiger partial charge in [-0.1, -0.05) is 6.07 Å². The fourth-order valence-corrected chi connectivity index (χ4v) is 3.15. The number of aryl methyl sites for hydroxylation is 1. The number of nitrogen functional groups attached to an aromatic ring is 1. The molecule has 1 amide bonds. The molecule has 1 aliphatic rings. The number of rotatable bonds is 5. The predicted molar refractivity (Wildman–Crippen MR) is 86.2 cm³/mol. The fraction of sp³-hybridized carbons (Fsp3) is 0.312.